The van der Waals surface area contributed by atoms with E-state index in [2.05, 4.69) is 5.32 Å². The summed E-state index contributed by atoms with van der Waals surface area (Å²) in [6, 6.07) is -0.598. The standard InChI is InChI=1S/C14H25N3O3/c1-6-7-10-11(18)15-13(20)17(12(10)19)9-14(2,3)8-16(4)5/h10H,6-9H2,1-5H3,(H,15,18,20). The molecule has 0 bridgehead atoms. The molecule has 1 atom stereocenters. The summed E-state index contributed by atoms with van der Waals surface area (Å²) in [6.07, 6.45) is 1.20. The monoisotopic (exact) mass is 283 g/mol. The second kappa shape index (κ2) is 6.35. The molecule has 1 heterocycles. The highest BCUT2D eigenvalue weighted by Gasteiger charge is 2.41. The van der Waals surface area contributed by atoms with Crippen LogP contribution in [0.4, 0.5) is 4.79 Å². The summed E-state index contributed by atoms with van der Waals surface area (Å²) >= 11 is 0. The van der Waals surface area contributed by atoms with Crippen molar-refractivity contribution in [3.8, 4) is 0 Å². The molecular formula is C14H25N3O3. The van der Waals surface area contributed by atoms with E-state index in [4.69, 9.17) is 0 Å². The first kappa shape index (κ1) is 16.6. The zero-order valence-electron chi connectivity index (χ0n) is 13.0. The number of nitrogens with one attached hydrogen (secondary N) is 1. The van der Waals surface area contributed by atoms with Gasteiger partial charge in [0.15, 0.2) is 0 Å². The van der Waals surface area contributed by atoms with Gasteiger partial charge in [-0.15, -0.1) is 0 Å². The van der Waals surface area contributed by atoms with Crippen molar-refractivity contribution in [1.82, 2.24) is 15.1 Å². The van der Waals surface area contributed by atoms with Crippen LogP contribution < -0.4 is 5.32 Å². The maximum atomic E-state index is 12.3. The van der Waals surface area contributed by atoms with Crippen LogP contribution in [-0.4, -0.2) is 54.8 Å². The van der Waals surface area contributed by atoms with E-state index in [1.807, 2.05) is 39.8 Å². The molecule has 0 saturated carbocycles. The van der Waals surface area contributed by atoms with Crippen molar-refractivity contribution in [2.45, 2.75) is 33.6 Å². The fraction of sp³-hybridized carbons (Fsp3) is 0.786. The summed E-state index contributed by atoms with van der Waals surface area (Å²) in [5.41, 5.74) is -0.229. The molecule has 1 fully saturated rings. The van der Waals surface area contributed by atoms with Crippen LogP contribution in [0.5, 0.6) is 0 Å². The normalized spacial score (nSPS) is 20.6. The third kappa shape index (κ3) is 4.03. The lowest BCUT2D eigenvalue weighted by Gasteiger charge is -2.37. The van der Waals surface area contributed by atoms with Gasteiger partial charge in [-0.05, 0) is 25.9 Å². The predicted octanol–water partition coefficient (Wildman–Crippen LogP) is 1.07. The number of hydrogen-bond acceptors (Lipinski definition) is 4. The zero-order valence-corrected chi connectivity index (χ0v) is 13.0. The first-order valence-electron chi connectivity index (χ1n) is 6.99. The molecular weight excluding hydrogens is 258 g/mol. The Morgan fingerprint density at radius 2 is 1.85 bits per heavy atom. The highest BCUT2D eigenvalue weighted by molar-refractivity contribution is 6.16. The minimum atomic E-state index is -0.729. The van der Waals surface area contributed by atoms with Crippen LogP contribution in [0, 0.1) is 11.3 Å². The van der Waals surface area contributed by atoms with Crippen LogP contribution in [0.15, 0.2) is 0 Å². The lowest BCUT2D eigenvalue weighted by Crippen LogP contribution is -2.60. The number of imide groups is 2. The average Bonchev–Trinajstić information content (AvgIpc) is 2.28. The summed E-state index contributed by atoms with van der Waals surface area (Å²) in [5, 5.41) is 2.28. The van der Waals surface area contributed by atoms with Gasteiger partial charge in [-0.25, -0.2) is 4.79 Å². The van der Waals surface area contributed by atoms with Crippen LogP contribution in [0.2, 0.25) is 0 Å². The second-order valence-electron chi connectivity index (χ2n) is 6.46. The van der Waals surface area contributed by atoms with Gasteiger partial charge in [-0.2, -0.15) is 0 Å². The van der Waals surface area contributed by atoms with E-state index in [-0.39, 0.29) is 11.3 Å². The number of amides is 4. The quantitative estimate of drug-likeness (QED) is 0.740. The molecule has 114 valence electrons. The van der Waals surface area contributed by atoms with E-state index in [0.29, 0.717) is 13.0 Å². The number of rotatable bonds is 6. The van der Waals surface area contributed by atoms with Gasteiger partial charge in [0.05, 0.1) is 0 Å². The molecule has 0 spiro atoms. The highest BCUT2D eigenvalue weighted by Crippen LogP contribution is 2.23. The summed E-state index contributed by atoms with van der Waals surface area (Å²) in [7, 11) is 3.90. The Labute approximate surface area is 120 Å². The molecule has 1 aliphatic heterocycles. The van der Waals surface area contributed by atoms with E-state index in [9.17, 15) is 14.4 Å². The molecule has 1 unspecified atom stereocenters. The molecule has 0 aromatic rings. The molecule has 0 radical (unpaired) electrons. The minimum absolute atomic E-state index is 0.229. The Balaban J connectivity index is 2.84. The molecule has 1 N–H and O–H groups in total. The Morgan fingerprint density at radius 1 is 1.25 bits per heavy atom. The van der Waals surface area contributed by atoms with Crippen molar-refractivity contribution in [2.75, 3.05) is 27.2 Å². The van der Waals surface area contributed by atoms with Gasteiger partial charge in [-0.1, -0.05) is 27.2 Å². The Kier molecular flexibility index (Phi) is 5.28. The first-order chi connectivity index (χ1) is 9.18. The van der Waals surface area contributed by atoms with Crippen LogP contribution in [0.1, 0.15) is 33.6 Å². The van der Waals surface area contributed by atoms with Gasteiger partial charge in [0.2, 0.25) is 11.8 Å². The van der Waals surface area contributed by atoms with Crippen molar-refractivity contribution in [2.24, 2.45) is 11.3 Å². The molecule has 0 aromatic heterocycles. The van der Waals surface area contributed by atoms with Gasteiger partial charge in [-0.3, -0.25) is 19.8 Å². The number of nitrogens with zero attached hydrogens (tertiary/aromatic N) is 2. The summed E-state index contributed by atoms with van der Waals surface area (Å²) in [5.74, 6) is -1.57. The number of barbiturate groups is 1. The molecule has 20 heavy (non-hydrogen) atoms. The summed E-state index contributed by atoms with van der Waals surface area (Å²) in [6.45, 7) is 6.97. The molecule has 4 amide bonds. The molecule has 0 aliphatic carbocycles. The lowest BCUT2D eigenvalue weighted by molar-refractivity contribution is -0.143. The fourth-order valence-electron chi connectivity index (χ4n) is 2.69. The molecule has 1 aliphatic rings. The van der Waals surface area contributed by atoms with Crippen molar-refractivity contribution in [3.63, 3.8) is 0 Å². The number of urea groups is 1. The van der Waals surface area contributed by atoms with E-state index < -0.39 is 17.9 Å². The molecule has 1 rings (SSSR count). The Hall–Kier alpha value is -1.43. The highest BCUT2D eigenvalue weighted by atomic mass is 16.2. The minimum Gasteiger partial charge on any atom is -0.309 e. The lowest BCUT2D eigenvalue weighted by atomic mass is 9.90. The van der Waals surface area contributed by atoms with Gasteiger partial charge in [0, 0.05) is 13.1 Å². The molecule has 0 aromatic carbocycles. The number of carbonyl (C=O) groups is 3. The molecule has 6 nitrogen and oxygen atoms in total. The second-order valence-corrected chi connectivity index (χ2v) is 6.46. The molecule has 1 saturated heterocycles. The van der Waals surface area contributed by atoms with Crippen LogP contribution in [-0.2, 0) is 9.59 Å². The van der Waals surface area contributed by atoms with Crippen molar-refractivity contribution >= 4 is 17.8 Å². The maximum Gasteiger partial charge on any atom is 0.330 e. The zero-order chi connectivity index (χ0) is 15.5. The Morgan fingerprint density at radius 3 is 2.35 bits per heavy atom. The van der Waals surface area contributed by atoms with Crippen molar-refractivity contribution in [3.05, 3.63) is 0 Å². The number of carbonyl (C=O) groups excluding carboxylic acids is 3. The topological polar surface area (TPSA) is 69.7 Å². The van der Waals surface area contributed by atoms with E-state index in [1.54, 1.807) is 0 Å². The smallest absolute Gasteiger partial charge is 0.309 e. The SMILES string of the molecule is CCCC1C(=O)NC(=O)N(CC(C)(C)CN(C)C)C1=O. The van der Waals surface area contributed by atoms with Crippen LogP contribution >= 0.6 is 0 Å². The largest absolute Gasteiger partial charge is 0.330 e. The van der Waals surface area contributed by atoms with Crippen molar-refractivity contribution in [1.29, 1.82) is 0 Å². The fourth-order valence-corrected chi connectivity index (χ4v) is 2.69. The van der Waals surface area contributed by atoms with E-state index in [1.165, 1.54) is 4.90 Å². The third-order valence-electron chi connectivity index (χ3n) is 3.26. The van der Waals surface area contributed by atoms with Crippen LogP contribution in [0.3, 0.4) is 0 Å². The predicted molar refractivity (Wildman–Crippen MR) is 76.0 cm³/mol. The van der Waals surface area contributed by atoms with Gasteiger partial charge in [0.1, 0.15) is 5.92 Å². The van der Waals surface area contributed by atoms with Crippen LogP contribution in [0.25, 0.3) is 0 Å². The molecule has 6 heteroatoms. The Bertz CT molecular complexity index is 404. The first-order valence-corrected chi connectivity index (χ1v) is 6.99. The van der Waals surface area contributed by atoms with Crippen molar-refractivity contribution < 1.29 is 14.4 Å². The van der Waals surface area contributed by atoms with Gasteiger partial charge in [0.25, 0.3) is 0 Å². The average molecular weight is 283 g/mol. The third-order valence-corrected chi connectivity index (χ3v) is 3.26. The maximum absolute atomic E-state index is 12.3. The van der Waals surface area contributed by atoms with E-state index >= 15 is 0 Å². The summed E-state index contributed by atoms with van der Waals surface area (Å²) in [4.78, 5) is 39.1. The summed E-state index contributed by atoms with van der Waals surface area (Å²) < 4.78 is 0. The van der Waals surface area contributed by atoms with Gasteiger partial charge < -0.3 is 4.90 Å². The number of hydrogen-bond donors (Lipinski definition) is 1. The van der Waals surface area contributed by atoms with Gasteiger partial charge >= 0.3 is 6.03 Å². The van der Waals surface area contributed by atoms with E-state index in [0.717, 1.165) is 13.0 Å².